The molecule has 106 valence electrons. The first-order valence-electron chi connectivity index (χ1n) is 6.55. The minimum atomic E-state index is 0.623. The minimum absolute atomic E-state index is 0.623. The molecule has 0 aromatic heterocycles. The molecule has 0 unspecified atom stereocenters. The van der Waals surface area contributed by atoms with Gasteiger partial charge in [0.2, 0.25) is 0 Å². The topological polar surface area (TPSA) is 12.0 Å². The lowest BCUT2D eigenvalue weighted by Gasteiger charge is -2.09. The number of hydrogen-bond acceptors (Lipinski definition) is 1. The highest BCUT2D eigenvalue weighted by molar-refractivity contribution is 6.35. The molecule has 0 saturated carbocycles. The Kier molecular flexibility index (Phi) is 5.74. The highest BCUT2D eigenvalue weighted by Gasteiger charge is 2.05. The summed E-state index contributed by atoms with van der Waals surface area (Å²) in [7, 11) is 0. The number of benzene rings is 2. The van der Waals surface area contributed by atoms with Gasteiger partial charge >= 0.3 is 0 Å². The summed E-state index contributed by atoms with van der Waals surface area (Å²) in [5.74, 6) is 0. The Hall–Kier alpha value is -0.730. The molecule has 0 saturated heterocycles. The van der Waals surface area contributed by atoms with Crippen molar-refractivity contribution in [1.82, 2.24) is 5.32 Å². The van der Waals surface area contributed by atoms with Gasteiger partial charge in [-0.15, -0.1) is 0 Å². The van der Waals surface area contributed by atoms with Gasteiger partial charge in [0.15, 0.2) is 0 Å². The van der Waals surface area contributed by atoms with E-state index in [4.69, 9.17) is 34.8 Å². The second-order valence-electron chi connectivity index (χ2n) is 4.64. The van der Waals surface area contributed by atoms with Gasteiger partial charge in [-0.3, -0.25) is 0 Å². The normalized spacial score (nSPS) is 10.8. The van der Waals surface area contributed by atoms with Crippen molar-refractivity contribution in [3.8, 4) is 11.1 Å². The van der Waals surface area contributed by atoms with Gasteiger partial charge in [0.05, 0.1) is 0 Å². The summed E-state index contributed by atoms with van der Waals surface area (Å²) >= 11 is 18.4. The molecule has 0 atom stereocenters. The zero-order valence-electron chi connectivity index (χ0n) is 11.2. The van der Waals surface area contributed by atoms with Crippen molar-refractivity contribution < 1.29 is 0 Å². The molecule has 0 aliphatic heterocycles. The van der Waals surface area contributed by atoms with E-state index in [1.165, 1.54) is 0 Å². The molecule has 1 N–H and O–H groups in total. The average molecular weight is 329 g/mol. The van der Waals surface area contributed by atoms with E-state index in [1.807, 2.05) is 30.3 Å². The van der Waals surface area contributed by atoms with E-state index < -0.39 is 0 Å². The molecule has 0 aliphatic carbocycles. The van der Waals surface area contributed by atoms with E-state index in [-0.39, 0.29) is 0 Å². The lowest BCUT2D eigenvalue weighted by atomic mass is 10.0. The third-order valence-corrected chi connectivity index (χ3v) is 3.78. The van der Waals surface area contributed by atoms with Crippen molar-refractivity contribution in [3.05, 3.63) is 57.0 Å². The molecule has 2 rings (SSSR count). The first-order chi connectivity index (χ1) is 9.60. The summed E-state index contributed by atoms with van der Waals surface area (Å²) in [6, 6.07) is 11.5. The zero-order chi connectivity index (χ0) is 14.5. The number of halogens is 3. The molecule has 0 aliphatic rings. The first kappa shape index (κ1) is 15.7. The Bertz CT molecular complexity index is 576. The molecule has 0 heterocycles. The maximum absolute atomic E-state index is 6.33. The fraction of sp³-hybridized carbons (Fsp3) is 0.250. The Morgan fingerprint density at radius 3 is 2.20 bits per heavy atom. The molecule has 0 bridgehead atoms. The smallest absolute Gasteiger partial charge is 0.0457 e. The van der Waals surface area contributed by atoms with Crippen molar-refractivity contribution >= 4 is 34.8 Å². The summed E-state index contributed by atoms with van der Waals surface area (Å²) in [5.41, 5.74) is 3.08. The molecule has 20 heavy (non-hydrogen) atoms. The van der Waals surface area contributed by atoms with E-state index in [0.717, 1.165) is 41.2 Å². The van der Waals surface area contributed by atoms with Crippen LogP contribution in [-0.4, -0.2) is 6.54 Å². The maximum Gasteiger partial charge on any atom is 0.0457 e. The van der Waals surface area contributed by atoms with E-state index in [1.54, 1.807) is 6.07 Å². The number of rotatable bonds is 5. The van der Waals surface area contributed by atoms with Crippen LogP contribution in [-0.2, 0) is 6.54 Å². The molecule has 2 aromatic rings. The Balaban J connectivity index is 2.23. The van der Waals surface area contributed by atoms with Crippen LogP contribution in [0.5, 0.6) is 0 Å². The largest absolute Gasteiger partial charge is 0.313 e. The summed E-state index contributed by atoms with van der Waals surface area (Å²) in [6.07, 6.45) is 1.11. The van der Waals surface area contributed by atoms with Crippen LogP contribution in [0.2, 0.25) is 15.1 Å². The van der Waals surface area contributed by atoms with Gasteiger partial charge in [0, 0.05) is 21.6 Å². The van der Waals surface area contributed by atoms with Crippen LogP contribution in [0, 0.1) is 0 Å². The predicted molar refractivity (Wildman–Crippen MR) is 88.9 cm³/mol. The van der Waals surface area contributed by atoms with Gasteiger partial charge in [-0.2, -0.15) is 0 Å². The Labute approximate surface area is 134 Å². The molecule has 4 heteroatoms. The van der Waals surface area contributed by atoms with Crippen LogP contribution in [0.25, 0.3) is 11.1 Å². The summed E-state index contributed by atoms with van der Waals surface area (Å²) in [4.78, 5) is 0. The second kappa shape index (κ2) is 7.33. The SMILES string of the molecule is CCCNCc1ccc(-c2cc(Cl)cc(Cl)c2)cc1Cl. The summed E-state index contributed by atoms with van der Waals surface area (Å²) < 4.78 is 0. The summed E-state index contributed by atoms with van der Waals surface area (Å²) in [6.45, 7) is 3.91. The van der Waals surface area contributed by atoms with Crippen molar-refractivity contribution in [2.45, 2.75) is 19.9 Å². The van der Waals surface area contributed by atoms with Gasteiger partial charge < -0.3 is 5.32 Å². The van der Waals surface area contributed by atoms with E-state index in [2.05, 4.69) is 12.2 Å². The van der Waals surface area contributed by atoms with Crippen molar-refractivity contribution in [2.75, 3.05) is 6.54 Å². The van der Waals surface area contributed by atoms with Gasteiger partial charge in [-0.1, -0.05) is 53.9 Å². The average Bonchev–Trinajstić information content (AvgIpc) is 2.39. The molecular formula is C16H16Cl3N. The fourth-order valence-electron chi connectivity index (χ4n) is 1.99. The van der Waals surface area contributed by atoms with Gasteiger partial charge in [0.25, 0.3) is 0 Å². The first-order valence-corrected chi connectivity index (χ1v) is 7.69. The quantitative estimate of drug-likeness (QED) is 0.683. The third-order valence-electron chi connectivity index (χ3n) is 2.99. The van der Waals surface area contributed by atoms with Crippen LogP contribution < -0.4 is 5.32 Å². The van der Waals surface area contributed by atoms with Crippen LogP contribution in [0.3, 0.4) is 0 Å². The fourth-order valence-corrected chi connectivity index (χ4v) is 2.76. The number of nitrogens with one attached hydrogen (secondary N) is 1. The molecule has 0 spiro atoms. The molecule has 0 radical (unpaired) electrons. The second-order valence-corrected chi connectivity index (χ2v) is 5.92. The molecule has 1 nitrogen and oxygen atoms in total. The number of hydrogen-bond donors (Lipinski definition) is 1. The van der Waals surface area contributed by atoms with Crippen LogP contribution in [0.4, 0.5) is 0 Å². The monoisotopic (exact) mass is 327 g/mol. The third kappa shape index (κ3) is 4.13. The lowest BCUT2D eigenvalue weighted by molar-refractivity contribution is 0.675. The zero-order valence-corrected chi connectivity index (χ0v) is 13.5. The Morgan fingerprint density at radius 1 is 0.900 bits per heavy atom. The molecular weight excluding hydrogens is 313 g/mol. The lowest BCUT2D eigenvalue weighted by Crippen LogP contribution is -2.13. The van der Waals surface area contributed by atoms with E-state index in [9.17, 15) is 0 Å². The van der Waals surface area contributed by atoms with Crippen LogP contribution >= 0.6 is 34.8 Å². The molecule has 2 aromatic carbocycles. The molecule has 0 amide bonds. The van der Waals surface area contributed by atoms with Crippen molar-refractivity contribution in [2.24, 2.45) is 0 Å². The van der Waals surface area contributed by atoms with E-state index in [0.29, 0.717) is 10.0 Å². The van der Waals surface area contributed by atoms with Crippen LogP contribution in [0.1, 0.15) is 18.9 Å². The van der Waals surface area contributed by atoms with Gasteiger partial charge in [-0.25, -0.2) is 0 Å². The van der Waals surface area contributed by atoms with Gasteiger partial charge in [-0.05, 0) is 53.9 Å². The summed E-state index contributed by atoms with van der Waals surface area (Å²) in [5, 5.41) is 5.34. The minimum Gasteiger partial charge on any atom is -0.313 e. The van der Waals surface area contributed by atoms with Crippen molar-refractivity contribution in [1.29, 1.82) is 0 Å². The van der Waals surface area contributed by atoms with Crippen molar-refractivity contribution in [3.63, 3.8) is 0 Å². The highest BCUT2D eigenvalue weighted by atomic mass is 35.5. The molecule has 0 fully saturated rings. The standard InChI is InChI=1S/C16H16Cl3N/c1-2-5-20-10-12-4-3-11(8-16(12)19)13-6-14(17)9-15(18)7-13/h3-4,6-9,20H,2,5,10H2,1H3. The van der Waals surface area contributed by atoms with Crippen LogP contribution in [0.15, 0.2) is 36.4 Å². The maximum atomic E-state index is 6.33. The van der Waals surface area contributed by atoms with E-state index >= 15 is 0 Å². The Morgan fingerprint density at radius 2 is 1.60 bits per heavy atom. The van der Waals surface area contributed by atoms with Gasteiger partial charge in [0.1, 0.15) is 0 Å². The predicted octanol–water partition coefficient (Wildman–Crippen LogP) is 5.81. The highest BCUT2D eigenvalue weighted by Crippen LogP contribution is 2.30.